The molecule has 15 heavy (non-hydrogen) atoms. The van der Waals surface area contributed by atoms with Gasteiger partial charge >= 0.3 is 0 Å². The van der Waals surface area contributed by atoms with E-state index in [9.17, 15) is 4.39 Å². The van der Waals surface area contributed by atoms with Crippen LogP contribution in [0.4, 0.5) is 4.39 Å². The van der Waals surface area contributed by atoms with Gasteiger partial charge in [-0.15, -0.1) is 0 Å². The molecule has 2 nitrogen and oxygen atoms in total. The van der Waals surface area contributed by atoms with Crippen LogP contribution in [0.2, 0.25) is 0 Å². The quantitative estimate of drug-likeness (QED) is 0.792. The molecular weight excluding hydrogens is 191 g/mol. The fourth-order valence-corrected chi connectivity index (χ4v) is 2.07. The van der Waals surface area contributed by atoms with E-state index in [1.54, 1.807) is 6.07 Å². The second-order valence-corrected chi connectivity index (χ2v) is 4.10. The first kappa shape index (κ1) is 10.6. The highest BCUT2D eigenvalue weighted by molar-refractivity contribution is 5.20. The molecule has 0 aliphatic carbocycles. The number of hydrogen-bond donors (Lipinski definition) is 2. The summed E-state index contributed by atoms with van der Waals surface area (Å²) in [6.45, 7) is 4.05. The van der Waals surface area contributed by atoms with E-state index in [1.165, 1.54) is 6.07 Å². The molecular formula is C12H17FN2. The fraction of sp³-hybridized carbons (Fsp3) is 0.500. The highest BCUT2D eigenvalue weighted by Crippen LogP contribution is 2.17. The first-order chi connectivity index (χ1) is 7.27. The van der Waals surface area contributed by atoms with Crippen LogP contribution in [-0.4, -0.2) is 19.1 Å². The van der Waals surface area contributed by atoms with Gasteiger partial charge < -0.3 is 10.6 Å². The SMILES string of the molecule is CC(NC1CCNC1)c1ccccc1F. The lowest BCUT2D eigenvalue weighted by atomic mass is 10.1. The molecule has 0 radical (unpaired) electrons. The first-order valence-corrected chi connectivity index (χ1v) is 5.48. The zero-order chi connectivity index (χ0) is 10.7. The lowest BCUT2D eigenvalue weighted by Gasteiger charge is -2.19. The molecule has 0 bridgehead atoms. The second kappa shape index (κ2) is 4.73. The van der Waals surface area contributed by atoms with Crippen LogP contribution in [0.5, 0.6) is 0 Å². The lowest BCUT2D eigenvalue weighted by molar-refractivity contribution is 0.461. The number of hydrogen-bond acceptors (Lipinski definition) is 2. The third-order valence-electron chi connectivity index (χ3n) is 2.92. The maximum atomic E-state index is 13.5. The molecule has 2 atom stereocenters. The summed E-state index contributed by atoms with van der Waals surface area (Å²) in [6, 6.07) is 7.51. The first-order valence-electron chi connectivity index (χ1n) is 5.48. The lowest BCUT2D eigenvalue weighted by Crippen LogP contribution is -2.33. The van der Waals surface area contributed by atoms with Gasteiger partial charge in [-0.1, -0.05) is 18.2 Å². The van der Waals surface area contributed by atoms with Crippen molar-refractivity contribution in [2.75, 3.05) is 13.1 Å². The Kier molecular flexibility index (Phi) is 3.34. The van der Waals surface area contributed by atoms with E-state index in [1.807, 2.05) is 19.1 Å². The van der Waals surface area contributed by atoms with E-state index in [0.29, 0.717) is 6.04 Å². The molecule has 0 spiro atoms. The zero-order valence-electron chi connectivity index (χ0n) is 8.96. The third kappa shape index (κ3) is 2.55. The largest absolute Gasteiger partial charge is 0.315 e. The van der Waals surface area contributed by atoms with Gasteiger partial charge in [-0.3, -0.25) is 0 Å². The van der Waals surface area contributed by atoms with Gasteiger partial charge in [-0.25, -0.2) is 4.39 Å². The number of rotatable bonds is 3. The summed E-state index contributed by atoms with van der Waals surface area (Å²) >= 11 is 0. The molecule has 3 heteroatoms. The van der Waals surface area contributed by atoms with Crippen molar-refractivity contribution < 1.29 is 4.39 Å². The predicted octanol–water partition coefficient (Wildman–Crippen LogP) is 1.84. The third-order valence-corrected chi connectivity index (χ3v) is 2.92. The molecule has 0 aromatic heterocycles. The Morgan fingerprint density at radius 1 is 1.47 bits per heavy atom. The Bertz CT molecular complexity index is 321. The van der Waals surface area contributed by atoms with Crippen molar-refractivity contribution >= 4 is 0 Å². The second-order valence-electron chi connectivity index (χ2n) is 4.10. The molecule has 2 unspecified atom stereocenters. The van der Waals surface area contributed by atoms with Gasteiger partial charge in [0.25, 0.3) is 0 Å². The summed E-state index contributed by atoms with van der Waals surface area (Å²) in [6.07, 6.45) is 1.12. The van der Waals surface area contributed by atoms with Gasteiger partial charge in [-0.05, 0) is 26.0 Å². The molecule has 1 aliphatic rings. The molecule has 2 rings (SSSR count). The van der Waals surface area contributed by atoms with E-state index >= 15 is 0 Å². The summed E-state index contributed by atoms with van der Waals surface area (Å²) in [4.78, 5) is 0. The van der Waals surface area contributed by atoms with E-state index in [2.05, 4.69) is 10.6 Å². The Labute approximate surface area is 89.9 Å². The van der Waals surface area contributed by atoms with Gasteiger partial charge in [0, 0.05) is 24.2 Å². The van der Waals surface area contributed by atoms with Crippen molar-refractivity contribution in [3.05, 3.63) is 35.6 Å². The van der Waals surface area contributed by atoms with Crippen molar-refractivity contribution in [2.24, 2.45) is 0 Å². The van der Waals surface area contributed by atoms with E-state index in [4.69, 9.17) is 0 Å². The van der Waals surface area contributed by atoms with Crippen LogP contribution in [0.15, 0.2) is 24.3 Å². The van der Waals surface area contributed by atoms with Crippen LogP contribution in [0.1, 0.15) is 24.9 Å². The maximum Gasteiger partial charge on any atom is 0.127 e. The van der Waals surface area contributed by atoms with Gasteiger partial charge in [0.15, 0.2) is 0 Å². The number of halogens is 1. The molecule has 1 aliphatic heterocycles. The Morgan fingerprint density at radius 2 is 2.27 bits per heavy atom. The number of nitrogens with one attached hydrogen (secondary N) is 2. The topological polar surface area (TPSA) is 24.1 Å². The Balaban J connectivity index is 2.00. The fourth-order valence-electron chi connectivity index (χ4n) is 2.07. The standard InChI is InChI=1S/C12H17FN2/c1-9(15-10-6-7-14-8-10)11-4-2-3-5-12(11)13/h2-5,9-10,14-15H,6-8H2,1H3. The van der Waals surface area contributed by atoms with Crippen molar-refractivity contribution in [3.8, 4) is 0 Å². The Hall–Kier alpha value is -0.930. The summed E-state index contributed by atoms with van der Waals surface area (Å²) in [5.74, 6) is -0.122. The molecule has 1 fully saturated rings. The van der Waals surface area contributed by atoms with Crippen LogP contribution in [-0.2, 0) is 0 Å². The molecule has 2 N–H and O–H groups in total. The van der Waals surface area contributed by atoms with Crippen LogP contribution >= 0.6 is 0 Å². The number of benzene rings is 1. The summed E-state index contributed by atoms with van der Waals surface area (Å²) in [5, 5.41) is 6.72. The van der Waals surface area contributed by atoms with Crippen molar-refractivity contribution in [2.45, 2.75) is 25.4 Å². The van der Waals surface area contributed by atoms with E-state index in [0.717, 1.165) is 25.1 Å². The smallest absolute Gasteiger partial charge is 0.127 e. The molecule has 1 aromatic rings. The summed E-state index contributed by atoms with van der Waals surface area (Å²) in [5.41, 5.74) is 0.754. The maximum absolute atomic E-state index is 13.5. The predicted molar refractivity (Wildman–Crippen MR) is 59.2 cm³/mol. The molecule has 0 amide bonds. The highest BCUT2D eigenvalue weighted by atomic mass is 19.1. The molecule has 1 heterocycles. The average Bonchev–Trinajstić information content (AvgIpc) is 2.71. The van der Waals surface area contributed by atoms with Crippen LogP contribution in [0.25, 0.3) is 0 Å². The Morgan fingerprint density at radius 3 is 2.93 bits per heavy atom. The van der Waals surface area contributed by atoms with E-state index in [-0.39, 0.29) is 11.9 Å². The zero-order valence-corrected chi connectivity index (χ0v) is 8.96. The van der Waals surface area contributed by atoms with Crippen molar-refractivity contribution in [1.82, 2.24) is 10.6 Å². The summed E-state index contributed by atoms with van der Waals surface area (Å²) < 4.78 is 13.5. The van der Waals surface area contributed by atoms with Crippen LogP contribution in [0.3, 0.4) is 0 Å². The van der Waals surface area contributed by atoms with Crippen molar-refractivity contribution in [1.29, 1.82) is 0 Å². The molecule has 0 saturated carbocycles. The molecule has 1 saturated heterocycles. The summed E-state index contributed by atoms with van der Waals surface area (Å²) in [7, 11) is 0. The van der Waals surface area contributed by atoms with Gasteiger partial charge in [0.2, 0.25) is 0 Å². The van der Waals surface area contributed by atoms with Gasteiger partial charge in [-0.2, -0.15) is 0 Å². The van der Waals surface area contributed by atoms with Crippen molar-refractivity contribution in [3.63, 3.8) is 0 Å². The minimum absolute atomic E-state index is 0.0797. The molecule has 1 aromatic carbocycles. The molecule has 82 valence electrons. The minimum Gasteiger partial charge on any atom is -0.315 e. The van der Waals surface area contributed by atoms with Crippen LogP contribution in [0, 0.1) is 5.82 Å². The monoisotopic (exact) mass is 208 g/mol. The van der Waals surface area contributed by atoms with Gasteiger partial charge in [0.05, 0.1) is 0 Å². The average molecular weight is 208 g/mol. The van der Waals surface area contributed by atoms with Crippen LogP contribution < -0.4 is 10.6 Å². The highest BCUT2D eigenvalue weighted by Gasteiger charge is 2.18. The van der Waals surface area contributed by atoms with E-state index < -0.39 is 0 Å². The normalized spacial score (nSPS) is 22.9. The minimum atomic E-state index is -0.122. The van der Waals surface area contributed by atoms with Gasteiger partial charge in [0.1, 0.15) is 5.82 Å².